The third-order valence-corrected chi connectivity index (χ3v) is 3.24. The number of rotatable bonds is 6. The Hall–Kier alpha value is -3.02. The number of primary amides is 1. The van der Waals surface area contributed by atoms with Crippen LogP contribution >= 0.6 is 0 Å². The van der Waals surface area contributed by atoms with Gasteiger partial charge in [0.05, 0.1) is 26.2 Å². The predicted octanol–water partition coefficient (Wildman–Crippen LogP) is 1.98. The van der Waals surface area contributed by atoms with Gasteiger partial charge in [0.15, 0.2) is 0 Å². The van der Waals surface area contributed by atoms with Gasteiger partial charge in [0.25, 0.3) is 5.91 Å². The molecule has 0 fully saturated rings. The molecule has 0 radical (unpaired) electrons. The van der Waals surface area contributed by atoms with Crippen molar-refractivity contribution in [3.8, 4) is 11.5 Å². The molecule has 2 amide bonds. The second-order valence-electron chi connectivity index (χ2n) is 4.86. The Labute approximate surface area is 134 Å². The zero-order chi connectivity index (χ0) is 16.8. The minimum Gasteiger partial charge on any atom is -0.497 e. The largest absolute Gasteiger partial charge is 0.497 e. The molecular weight excluding hydrogens is 296 g/mol. The van der Waals surface area contributed by atoms with Gasteiger partial charge in [-0.15, -0.1) is 0 Å². The standard InChI is InChI=1S/C17H18N2O4/c1-22-13-7-8-14(15(10-13)23-2)17(21)19-12-5-3-11(4-6-12)9-16(18)20/h3-8,10H,9H2,1-2H3,(H2,18,20)(H,19,21). The van der Waals surface area contributed by atoms with E-state index in [1.54, 1.807) is 49.6 Å². The molecule has 2 aromatic rings. The fraction of sp³-hybridized carbons (Fsp3) is 0.176. The number of carbonyl (C=O) groups is 2. The minimum absolute atomic E-state index is 0.167. The van der Waals surface area contributed by atoms with Crippen molar-refractivity contribution in [1.29, 1.82) is 0 Å². The van der Waals surface area contributed by atoms with E-state index in [4.69, 9.17) is 15.2 Å². The monoisotopic (exact) mass is 314 g/mol. The molecule has 23 heavy (non-hydrogen) atoms. The van der Waals surface area contributed by atoms with E-state index >= 15 is 0 Å². The van der Waals surface area contributed by atoms with Crippen LogP contribution in [0, 0.1) is 0 Å². The fourth-order valence-electron chi connectivity index (χ4n) is 2.09. The van der Waals surface area contributed by atoms with Crippen LogP contribution in [0.4, 0.5) is 5.69 Å². The van der Waals surface area contributed by atoms with Gasteiger partial charge >= 0.3 is 0 Å². The minimum atomic E-state index is -0.398. The molecule has 6 heteroatoms. The molecule has 120 valence electrons. The summed E-state index contributed by atoms with van der Waals surface area (Å²) >= 11 is 0. The zero-order valence-corrected chi connectivity index (χ0v) is 13.0. The van der Waals surface area contributed by atoms with Gasteiger partial charge in [-0.05, 0) is 29.8 Å². The van der Waals surface area contributed by atoms with E-state index in [2.05, 4.69) is 5.32 Å². The third kappa shape index (κ3) is 4.23. The molecule has 0 aliphatic carbocycles. The molecule has 0 aromatic heterocycles. The molecule has 0 bridgehead atoms. The number of carbonyl (C=O) groups excluding carboxylic acids is 2. The number of benzene rings is 2. The number of hydrogen-bond acceptors (Lipinski definition) is 4. The first-order chi connectivity index (χ1) is 11.0. The Bertz CT molecular complexity index is 711. The van der Waals surface area contributed by atoms with Crippen molar-refractivity contribution >= 4 is 17.5 Å². The smallest absolute Gasteiger partial charge is 0.259 e. The molecule has 0 saturated carbocycles. The highest BCUT2D eigenvalue weighted by molar-refractivity contribution is 6.06. The van der Waals surface area contributed by atoms with Crippen LogP contribution in [0.25, 0.3) is 0 Å². The van der Waals surface area contributed by atoms with Gasteiger partial charge in [0, 0.05) is 11.8 Å². The van der Waals surface area contributed by atoms with Crippen LogP contribution in [0.5, 0.6) is 11.5 Å². The maximum Gasteiger partial charge on any atom is 0.259 e. The van der Waals surface area contributed by atoms with Gasteiger partial charge in [-0.25, -0.2) is 0 Å². The van der Waals surface area contributed by atoms with E-state index in [0.717, 1.165) is 5.56 Å². The van der Waals surface area contributed by atoms with Gasteiger partial charge in [0.2, 0.25) is 5.91 Å². The molecule has 2 aromatic carbocycles. The highest BCUT2D eigenvalue weighted by Gasteiger charge is 2.13. The van der Waals surface area contributed by atoms with Crippen LogP contribution in [0.3, 0.4) is 0 Å². The summed E-state index contributed by atoms with van der Waals surface area (Å²) in [5.74, 6) is 0.332. The first-order valence-electron chi connectivity index (χ1n) is 6.94. The van der Waals surface area contributed by atoms with Crippen molar-refractivity contribution in [2.75, 3.05) is 19.5 Å². The lowest BCUT2D eigenvalue weighted by Crippen LogP contribution is -2.14. The summed E-state index contributed by atoms with van der Waals surface area (Å²) in [6.45, 7) is 0. The van der Waals surface area contributed by atoms with E-state index in [0.29, 0.717) is 22.7 Å². The van der Waals surface area contributed by atoms with Crippen LogP contribution in [0.15, 0.2) is 42.5 Å². The van der Waals surface area contributed by atoms with Gasteiger partial charge in [-0.3, -0.25) is 9.59 Å². The summed E-state index contributed by atoms with van der Waals surface area (Å²) in [7, 11) is 3.03. The molecule has 3 N–H and O–H groups in total. The fourth-order valence-corrected chi connectivity index (χ4v) is 2.09. The summed E-state index contributed by atoms with van der Waals surface area (Å²) in [5.41, 5.74) is 6.94. The van der Waals surface area contributed by atoms with Crippen LogP contribution < -0.4 is 20.5 Å². The lowest BCUT2D eigenvalue weighted by atomic mass is 10.1. The van der Waals surface area contributed by atoms with E-state index in [1.165, 1.54) is 7.11 Å². The van der Waals surface area contributed by atoms with Crippen LogP contribution in [0.2, 0.25) is 0 Å². The lowest BCUT2D eigenvalue weighted by Gasteiger charge is -2.11. The Balaban J connectivity index is 2.14. The average molecular weight is 314 g/mol. The van der Waals surface area contributed by atoms with E-state index < -0.39 is 5.91 Å². The third-order valence-electron chi connectivity index (χ3n) is 3.24. The number of amides is 2. The number of ether oxygens (including phenoxy) is 2. The summed E-state index contributed by atoms with van der Waals surface area (Å²) in [5, 5.41) is 2.78. The van der Waals surface area contributed by atoms with E-state index in [1.807, 2.05) is 0 Å². The SMILES string of the molecule is COc1ccc(C(=O)Nc2ccc(CC(N)=O)cc2)c(OC)c1. The van der Waals surface area contributed by atoms with Crippen molar-refractivity contribution in [2.45, 2.75) is 6.42 Å². The predicted molar refractivity (Wildman–Crippen MR) is 86.8 cm³/mol. The Kier molecular flexibility index (Phi) is 5.19. The number of nitrogens with one attached hydrogen (secondary N) is 1. The molecule has 0 unspecified atom stereocenters. The molecule has 0 atom stereocenters. The van der Waals surface area contributed by atoms with Crippen LogP contribution in [-0.2, 0) is 11.2 Å². The zero-order valence-electron chi connectivity index (χ0n) is 13.0. The maximum absolute atomic E-state index is 12.4. The molecular formula is C17H18N2O4. The lowest BCUT2D eigenvalue weighted by molar-refractivity contribution is -0.117. The Morgan fingerprint density at radius 3 is 2.30 bits per heavy atom. The molecule has 2 rings (SSSR count). The molecule has 6 nitrogen and oxygen atoms in total. The first kappa shape index (κ1) is 16.4. The van der Waals surface area contributed by atoms with Gasteiger partial charge in [-0.2, -0.15) is 0 Å². The van der Waals surface area contributed by atoms with E-state index in [9.17, 15) is 9.59 Å². The van der Waals surface area contributed by atoms with Crippen LogP contribution in [-0.4, -0.2) is 26.0 Å². The highest BCUT2D eigenvalue weighted by atomic mass is 16.5. The number of hydrogen-bond donors (Lipinski definition) is 2. The van der Waals surface area contributed by atoms with Gasteiger partial charge in [-0.1, -0.05) is 12.1 Å². The normalized spacial score (nSPS) is 10.0. The Morgan fingerprint density at radius 2 is 1.74 bits per heavy atom. The van der Waals surface area contributed by atoms with Gasteiger partial charge in [0.1, 0.15) is 11.5 Å². The summed E-state index contributed by atoms with van der Waals surface area (Å²) in [4.78, 5) is 23.2. The maximum atomic E-state index is 12.4. The van der Waals surface area contributed by atoms with Gasteiger partial charge < -0.3 is 20.5 Å². The van der Waals surface area contributed by atoms with Crippen molar-refractivity contribution in [3.63, 3.8) is 0 Å². The van der Waals surface area contributed by atoms with Crippen molar-refractivity contribution in [2.24, 2.45) is 5.73 Å². The highest BCUT2D eigenvalue weighted by Crippen LogP contribution is 2.25. The molecule has 0 saturated heterocycles. The quantitative estimate of drug-likeness (QED) is 0.853. The van der Waals surface area contributed by atoms with E-state index in [-0.39, 0.29) is 12.3 Å². The summed E-state index contributed by atoms with van der Waals surface area (Å²) < 4.78 is 10.3. The second-order valence-corrected chi connectivity index (χ2v) is 4.86. The molecule has 0 spiro atoms. The first-order valence-corrected chi connectivity index (χ1v) is 6.94. The molecule has 0 heterocycles. The second kappa shape index (κ2) is 7.31. The number of nitrogens with two attached hydrogens (primary N) is 1. The molecule has 0 aliphatic heterocycles. The van der Waals surface area contributed by atoms with Crippen LogP contribution in [0.1, 0.15) is 15.9 Å². The van der Waals surface area contributed by atoms with Crippen molar-refractivity contribution in [3.05, 3.63) is 53.6 Å². The Morgan fingerprint density at radius 1 is 1.04 bits per heavy atom. The topological polar surface area (TPSA) is 90.6 Å². The number of anilines is 1. The summed E-state index contributed by atoms with van der Waals surface area (Å²) in [6.07, 6.45) is 0.167. The van der Waals surface area contributed by atoms with Crippen molar-refractivity contribution in [1.82, 2.24) is 0 Å². The average Bonchev–Trinajstić information content (AvgIpc) is 2.55. The molecule has 0 aliphatic rings. The summed E-state index contributed by atoms with van der Waals surface area (Å²) in [6, 6.07) is 11.9. The number of methoxy groups -OCH3 is 2. The van der Waals surface area contributed by atoms with Crippen molar-refractivity contribution < 1.29 is 19.1 Å².